The Labute approximate surface area is 145 Å². The summed E-state index contributed by atoms with van der Waals surface area (Å²) in [4.78, 5) is 47.4. The number of carboxylic acids is 2. The molecule has 25 heavy (non-hydrogen) atoms. The largest absolute Gasteiger partial charge is 0.481 e. The molecule has 0 saturated carbocycles. The molecular formula is C18H22O7. The van der Waals surface area contributed by atoms with Gasteiger partial charge in [0.15, 0.2) is 0 Å². The first-order chi connectivity index (χ1) is 11.7. The highest BCUT2D eigenvalue weighted by Gasteiger charge is 2.41. The van der Waals surface area contributed by atoms with E-state index in [-0.39, 0.29) is 25.7 Å². The van der Waals surface area contributed by atoms with Crippen molar-refractivity contribution in [2.45, 2.75) is 39.5 Å². The fourth-order valence-corrected chi connectivity index (χ4v) is 3.42. The summed E-state index contributed by atoms with van der Waals surface area (Å²) in [5.41, 5.74) is 1.75. The molecule has 7 nitrogen and oxygen atoms in total. The number of carboxylic acid groups (broad SMARTS) is 2. The van der Waals surface area contributed by atoms with E-state index >= 15 is 0 Å². The number of rotatable bonds is 4. The summed E-state index contributed by atoms with van der Waals surface area (Å²) < 4.78 is 4.90. The molecule has 136 valence electrons. The molecule has 0 bridgehead atoms. The molecule has 2 aliphatic rings. The number of allylic oxidation sites excluding steroid dienone is 4. The third-order valence-electron chi connectivity index (χ3n) is 4.94. The highest BCUT2D eigenvalue weighted by atomic mass is 16.6. The Morgan fingerprint density at radius 1 is 0.800 bits per heavy atom. The van der Waals surface area contributed by atoms with Crippen LogP contribution >= 0.6 is 0 Å². The van der Waals surface area contributed by atoms with E-state index in [0.717, 1.165) is 11.1 Å². The van der Waals surface area contributed by atoms with Gasteiger partial charge in [-0.2, -0.15) is 0 Å². The van der Waals surface area contributed by atoms with Gasteiger partial charge in [-0.3, -0.25) is 19.2 Å². The third kappa shape index (κ3) is 4.35. The van der Waals surface area contributed by atoms with Crippen molar-refractivity contribution in [1.29, 1.82) is 0 Å². The van der Waals surface area contributed by atoms with Crippen molar-refractivity contribution in [3.8, 4) is 0 Å². The standard InChI is InChI=1S/C18H22O7/c1-9-3-5-11(13(7-9)15(19)20)17(23)25-18(24)12-6-4-10(2)8-14(12)16(21)22/h3-4,11-14H,5-8H2,1-2H3,(H,19,20)(H,21,22)/t11-,12+,13+,14-. The second kappa shape index (κ2) is 7.63. The van der Waals surface area contributed by atoms with E-state index in [1.165, 1.54) is 0 Å². The fraction of sp³-hybridized carbons (Fsp3) is 0.556. The molecule has 0 radical (unpaired) electrons. The van der Waals surface area contributed by atoms with E-state index in [4.69, 9.17) is 4.74 Å². The van der Waals surface area contributed by atoms with Gasteiger partial charge in [0.05, 0.1) is 23.7 Å². The zero-order valence-corrected chi connectivity index (χ0v) is 14.2. The summed E-state index contributed by atoms with van der Waals surface area (Å²) in [7, 11) is 0. The summed E-state index contributed by atoms with van der Waals surface area (Å²) in [5, 5.41) is 18.6. The van der Waals surface area contributed by atoms with Gasteiger partial charge in [-0.1, -0.05) is 23.3 Å². The molecule has 7 heteroatoms. The minimum atomic E-state index is -1.11. The van der Waals surface area contributed by atoms with E-state index < -0.39 is 47.5 Å². The molecule has 0 saturated heterocycles. The summed E-state index contributed by atoms with van der Waals surface area (Å²) in [6.07, 6.45) is 4.38. The van der Waals surface area contributed by atoms with Crippen LogP contribution in [0.15, 0.2) is 23.3 Å². The Morgan fingerprint density at radius 3 is 1.48 bits per heavy atom. The Bertz CT molecular complexity index is 602. The monoisotopic (exact) mass is 350 g/mol. The highest BCUT2D eigenvalue weighted by molar-refractivity contribution is 5.92. The van der Waals surface area contributed by atoms with Crippen LogP contribution in [-0.2, 0) is 23.9 Å². The topological polar surface area (TPSA) is 118 Å². The van der Waals surface area contributed by atoms with Crippen molar-refractivity contribution in [2.75, 3.05) is 0 Å². The lowest BCUT2D eigenvalue weighted by Gasteiger charge is -2.28. The molecule has 0 spiro atoms. The quantitative estimate of drug-likeness (QED) is 0.453. The zero-order valence-electron chi connectivity index (χ0n) is 14.2. The number of carbonyl (C=O) groups excluding carboxylic acids is 2. The Hall–Kier alpha value is -2.44. The highest BCUT2D eigenvalue weighted by Crippen LogP contribution is 2.33. The van der Waals surface area contributed by atoms with E-state index in [0.29, 0.717) is 0 Å². The average molecular weight is 350 g/mol. The van der Waals surface area contributed by atoms with Crippen LogP contribution in [-0.4, -0.2) is 34.1 Å². The SMILES string of the molecule is CC1=CC[C@@H](C(=O)OC(=O)[C@H]2CC=C(C)C[C@H]2C(=O)O)[C@@H](C(=O)O)C1. The van der Waals surface area contributed by atoms with Crippen molar-refractivity contribution in [2.24, 2.45) is 23.7 Å². The molecule has 0 aromatic heterocycles. The van der Waals surface area contributed by atoms with Crippen molar-refractivity contribution in [3.63, 3.8) is 0 Å². The smallest absolute Gasteiger partial charge is 0.317 e. The van der Waals surface area contributed by atoms with E-state index in [9.17, 15) is 29.4 Å². The summed E-state index contributed by atoms with van der Waals surface area (Å²) in [5.74, 6) is -7.75. The first-order valence-corrected chi connectivity index (χ1v) is 8.23. The van der Waals surface area contributed by atoms with Crippen molar-refractivity contribution in [1.82, 2.24) is 0 Å². The van der Waals surface area contributed by atoms with E-state index in [1.807, 2.05) is 0 Å². The van der Waals surface area contributed by atoms with Crippen molar-refractivity contribution >= 4 is 23.9 Å². The van der Waals surface area contributed by atoms with Gasteiger partial charge in [0.1, 0.15) is 0 Å². The zero-order chi connectivity index (χ0) is 18.7. The van der Waals surface area contributed by atoms with Gasteiger partial charge < -0.3 is 14.9 Å². The maximum atomic E-state index is 12.3. The average Bonchev–Trinajstić information content (AvgIpc) is 2.54. The normalized spacial score (nSPS) is 29.2. The molecule has 0 unspecified atom stereocenters. The van der Waals surface area contributed by atoms with E-state index in [2.05, 4.69) is 0 Å². The maximum Gasteiger partial charge on any atom is 0.317 e. The van der Waals surface area contributed by atoms with Gasteiger partial charge in [0.25, 0.3) is 0 Å². The molecule has 0 amide bonds. The number of aliphatic carboxylic acids is 2. The van der Waals surface area contributed by atoms with Crippen LogP contribution in [0.25, 0.3) is 0 Å². The molecule has 4 atom stereocenters. The predicted molar refractivity (Wildman–Crippen MR) is 86.3 cm³/mol. The number of carbonyl (C=O) groups is 4. The molecule has 2 rings (SSSR count). The van der Waals surface area contributed by atoms with Crippen LogP contribution < -0.4 is 0 Å². The molecule has 0 aromatic rings. The van der Waals surface area contributed by atoms with Gasteiger partial charge in [-0.15, -0.1) is 0 Å². The van der Waals surface area contributed by atoms with Gasteiger partial charge in [-0.05, 0) is 39.5 Å². The molecule has 0 aliphatic heterocycles. The van der Waals surface area contributed by atoms with Crippen molar-refractivity contribution in [3.05, 3.63) is 23.3 Å². The first-order valence-electron chi connectivity index (χ1n) is 8.23. The lowest BCUT2D eigenvalue weighted by Crippen LogP contribution is -2.38. The van der Waals surface area contributed by atoms with Crippen LogP contribution in [0.5, 0.6) is 0 Å². The van der Waals surface area contributed by atoms with Crippen molar-refractivity contribution < 1.29 is 34.1 Å². The van der Waals surface area contributed by atoms with Gasteiger partial charge >= 0.3 is 23.9 Å². The Balaban J connectivity index is 2.10. The minimum Gasteiger partial charge on any atom is -0.481 e. The number of hydrogen-bond acceptors (Lipinski definition) is 5. The van der Waals surface area contributed by atoms with Crippen LogP contribution in [0, 0.1) is 23.7 Å². The number of esters is 2. The fourth-order valence-electron chi connectivity index (χ4n) is 3.42. The van der Waals surface area contributed by atoms with Crippen LogP contribution in [0.4, 0.5) is 0 Å². The molecule has 2 aliphatic carbocycles. The predicted octanol–water partition coefficient (Wildman–Crippen LogP) is 2.17. The third-order valence-corrected chi connectivity index (χ3v) is 4.94. The Morgan fingerprint density at radius 2 is 1.16 bits per heavy atom. The number of ether oxygens (including phenoxy) is 1. The molecule has 2 N–H and O–H groups in total. The van der Waals surface area contributed by atoms with Gasteiger partial charge in [0.2, 0.25) is 0 Å². The lowest BCUT2D eigenvalue weighted by molar-refractivity contribution is -0.172. The Kier molecular flexibility index (Phi) is 5.77. The summed E-state index contributed by atoms with van der Waals surface area (Å²) in [6.45, 7) is 3.58. The molecule has 0 aromatic carbocycles. The van der Waals surface area contributed by atoms with Crippen LogP contribution in [0.2, 0.25) is 0 Å². The van der Waals surface area contributed by atoms with Gasteiger partial charge in [-0.25, -0.2) is 0 Å². The van der Waals surface area contributed by atoms with Crippen LogP contribution in [0.1, 0.15) is 39.5 Å². The minimum absolute atomic E-state index is 0.195. The maximum absolute atomic E-state index is 12.3. The van der Waals surface area contributed by atoms with Gasteiger partial charge in [0, 0.05) is 0 Å². The molecular weight excluding hydrogens is 328 g/mol. The second-order valence-corrected chi connectivity index (χ2v) is 6.82. The van der Waals surface area contributed by atoms with Crippen LogP contribution in [0.3, 0.4) is 0 Å². The molecule has 0 fully saturated rings. The second-order valence-electron chi connectivity index (χ2n) is 6.82. The summed E-state index contributed by atoms with van der Waals surface area (Å²) in [6, 6.07) is 0. The molecule has 0 heterocycles. The number of hydrogen-bond donors (Lipinski definition) is 2. The van der Waals surface area contributed by atoms with E-state index in [1.54, 1.807) is 26.0 Å². The lowest BCUT2D eigenvalue weighted by atomic mass is 9.79. The summed E-state index contributed by atoms with van der Waals surface area (Å²) >= 11 is 0. The first kappa shape index (κ1) is 18.9.